The molecule has 126 valence electrons. The van der Waals surface area contributed by atoms with Crippen LogP contribution in [0.2, 0.25) is 0 Å². The van der Waals surface area contributed by atoms with Crippen LogP contribution in [0.15, 0.2) is 0 Å². The van der Waals surface area contributed by atoms with Crippen LogP contribution in [-0.2, 0) is 9.47 Å². The molecular formula is C18H28F2O2. The van der Waals surface area contributed by atoms with E-state index in [1.807, 2.05) is 0 Å². The Morgan fingerprint density at radius 1 is 0.682 bits per heavy atom. The smallest absolute Gasteiger partial charge is 0.168 e. The van der Waals surface area contributed by atoms with Gasteiger partial charge in [-0.1, -0.05) is 0 Å². The van der Waals surface area contributed by atoms with Gasteiger partial charge in [0.1, 0.15) is 12.3 Å². The Balaban J connectivity index is 1.36. The summed E-state index contributed by atoms with van der Waals surface area (Å²) in [6.07, 6.45) is 6.19. The summed E-state index contributed by atoms with van der Waals surface area (Å²) in [5.41, 5.74) is 0. The zero-order valence-electron chi connectivity index (χ0n) is 13.3. The van der Waals surface area contributed by atoms with Gasteiger partial charge < -0.3 is 9.47 Å². The maximum atomic E-state index is 13.7. The van der Waals surface area contributed by atoms with Crippen molar-refractivity contribution in [1.29, 1.82) is 0 Å². The van der Waals surface area contributed by atoms with Crippen molar-refractivity contribution >= 4 is 0 Å². The molecule has 0 aromatic heterocycles. The van der Waals surface area contributed by atoms with E-state index in [1.54, 1.807) is 0 Å². The van der Waals surface area contributed by atoms with Gasteiger partial charge in [0.15, 0.2) is 5.79 Å². The van der Waals surface area contributed by atoms with Crippen LogP contribution < -0.4 is 0 Å². The first-order chi connectivity index (χ1) is 10.6. The van der Waals surface area contributed by atoms with Gasteiger partial charge in [0, 0.05) is 19.3 Å². The SMILES string of the molecule is FC1CC(F)CC(C2CCC3CC4(CCC3C2)OCCO4)C1. The predicted octanol–water partition coefficient (Wildman–Crippen LogP) is 4.42. The Bertz CT molecular complexity index is 387. The number of fused-ring (bicyclic) bond motifs is 1. The first kappa shape index (κ1) is 15.3. The predicted molar refractivity (Wildman–Crippen MR) is 79.9 cm³/mol. The molecule has 4 fully saturated rings. The second-order valence-electron chi connectivity index (χ2n) is 8.11. The summed E-state index contributed by atoms with van der Waals surface area (Å²) >= 11 is 0. The molecule has 3 saturated carbocycles. The Morgan fingerprint density at radius 2 is 1.32 bits per heavy atom. The van der Waals surface area contributed by atoms with E-state index in [0.717, 1.165) is 44.8 Å². The highest BCUT2D eigenvalue weighted by Crippen LogP contribution is 2.51. The molecule has 0 amide bonds. The number of rotatable bonds is 1. The minimum atomic E-state index is -0.915. The molecule has 22 heavy (non-hydrogen) atoms. The molecule has 0 N–H and O–H groups in total. The number of hydrogen-bond donors (Lipinski definition) is 0. The summed E-state index contributed by atoms with van der Waals surface area (Å²) in [5, 5.41) is 0. The molecule has 4 heteroatoms. The van der Waals surface area contributed by atoms with Gasteiger partial charge in [-0.05, 0) is 62.2 Å². The van der Waals surface area contributed by atoms with Crippen LogP contribution in [0.5, 0.6) is 0 Å². The fourth-order valence-electron chi connectivity index (χ4n) is 5.69. The van der Waals surface area contributed by atoms with E-state index in [2.05, 4.69) is 0 Å². The fourth-order valence-corrected chi connectivity index (χ4v) is 5.69. The van der Waals surface area contributed by atoms with Crippen molar-refractivity contribution in [2.45, 2.75) is 75.9 Å². The van der Waals surface area contributed by atoms with Gasteiger partial charge in [-0.15, -0.1) is 0 Å². The third-order valence-corrected chi connectivity index (χ3v) is 6.76. The summed E-state index contributed by atoms with van der Waals surface area (Å²) in [5.74, 6) is 1.93. The molecule has 1 aliphatic heterocycles. The lowest BCUT2D eigenvalue weighted by Crippen LogP contribution is -2.43. The normalized spacial score (nSPS) is 48.3. The molecule has 1 spiro atoms. The number of alkyl halides is 2. The average Bonchev–Trinajstić information content (AvgIpc) is 2.94. The molecule has 2 nitrogen and oxygen atoms in total. The molecule has 3 aliphatic carbocycles. The molecule has 0 aromatic rings. The molecule has 4 aliphatic rings. The highest BCUT2D eigenvalue weighted by molar-refractivity contribution is 4.94. The fraction of sp³-hybridized carbons (Fsp3) is 1.00. The molecule has 1 saturated heterocycles. The second-order valence-corrected chi connectivity index (χ2v) is 8.11. The Morgan fingerprint density at radius 3 is 2.05 bits per heavy atom. The molecular weight excluding hydrogens is 286 g/mol. The number of ether oxygens (including phenoxy) is 2. The van der Waals surface area contributed by atoms with E-state index < -0.39 is 12.3 Å². The van der Waals surface area contributed by atoms with Crippen molar-refractivity contribution in [3.8, 4) is 0 Å². The Labute approximate surface area is 131 Å². The zero-order valence-corrected chi connectivity index (χ0v) is 13.3. The van der Waals surface area contributed by atoms with Gasteiger partial charge in [-0.2, -0.15) is 0 Å². The van der Waals surface area contributed by atoms with Crippen molar-refractivity contribution in [3.63, 3.8) is 0 Å². The Hall–Kier alpha value is -0.220. The van der Waals surface area contributed by atoms with E-state index in [1.165, 1.54) is 12.8 Å². The van der Waals surface area contributed by atoms with Crippen LogP contribution in [-0.4, -0.2) is 31.3 Å². The van der Waals surface area contributed by atoms with E-state index in [0.29, 0.717) is 24.7 Å². The molecule has 5 atom stereocenters. The molecule has 0 radical (unpaired) electrons. The van der Waals surface area contributed by atoms with E-state index >= 15 is 0 Å². The first-order valence-corrected chi connectivity index (χ1v) is 9.19. The van der Waals surface area contributed by atoms with Crippen LogP contribution in [0.1, 0.15) is 57.8 Å². The van der Waals surface area contributed by atoms with Crippen LogP contribution in [0.4, 0.5) is 8.78 Å². The van der Waals surface area contributed by atoms with Gasteiger partial charge in [-0.3, -0.25) is 0 Å². The summed E-state index contributed by atoms with van der Waals surface area (Å²) in [4.78, 5) is 0. The largest absolute Gasteiger partial charge is 0.348 e. The lowest BCUT2D eigenvalue weighted by Gasteiger charge is -2.47. The second kappa shape index (κ2) is 6.01. The Kier molecular flexibility index (Phi) is 4.18. The minimum Gasteiger partial charge on any atom is -0.348 e. The zero-order chi connectivity index (χ0) is 15.2. The van der Waals surface area contributed by atoms with Crippen molar-refractivity contribution in [3.05, 3.63) is 0 Å². The van der Waals surface area contributed by atoms with Crippen LogP contribution in [0.3, 0.4) is 0 Å². The monoisotopic (exact) mass is 314 g/mol. The van der Waals surface area contributed by atoms with Gasteiger partial charge >= 0.3 is 0 Å². The topological polar surface area (TPSA) is 18.5 Å². The number of hydrogen-bond acceptors (Lipinski definition) is 2. The third kappa shape index (κ3) is 2.93. The van der Waals surface area contributed by atoms with Gasteiger partial charge in [0.25, 0.3) is 0 Å². The molecule has 4 rings (SSSR count). The summed E-state index contributed by atoms with van der Waals surface area (Å²) < 4.78 is 39.2. The quantitative estimate of drug-likeness (QED) is 0.713. The lowest BCUT2D eigenvalue weighted by atomic mass is 9.62. The van der Waals surface area contributed by atoms with Gasteiger partial charge in [0.05, 0.1) is 13.2 Å². The highest BCUT2D eigenvalue weighted by atomic mass is 19.1. The first-order valence-electron chi connectivity index (χ1n) is 9.19. The van der Waals surface area contributed by atoms with Crippen molar-refractivity contribution in [2.75, 3.05) is 13.2 Å². The minimum absolute atomic E-state index is 0.131. The maximum absolute atomic E-state index is 13.7. The van der Waals surface area contributed by atoms with Gasteiger partial charge in [-0.25, -0.2) is 8.78 Å². The van der Waals surface area contributed by atoms with E-state index in [9.17, 15) is 8.78 Å². The van der Waals surface area contributed by atoms with Crippen LogP contribution in [0, 0.1) is 23.7 Å². The summed E-state index contributed by atoms with van der Waals surface area (Å²) in [7, 11) is 0. The molecule has 0 bridgehead atoms. The van der Waals surface area contributed by atoms with Gasteiger partial charge in [0.2, 0.25) is 0 Å². The highest BCUT2D eigenvalue weighted by Gasteiger charge is 2.47. The lowest BCUT2D eigenvalue weighted by molar-refractivity contribution is -0.200. The third-order valence-electron chi connectivity index (χ3n) is 6.76. The van der Waals surface area contributed by atoms with Crippen LogP contribution in [0.25, 0.3) is 0 Å². The summed E-state index contributed by atoms with van der Waals surface area (Å²) in [6, 6.07) is 0. The van der Waals surface area contributed by atoms with E-state index in [4.69, 9.17) is 9.47 Å². The standard InChI is InChI=1S/C18H28F2O2/c19-16-8-15(9-17(20)10-16)12-1-2-14-11-18(21-5-6-22-18)4-3-13(14)7-12/h12-17H,1-11H2. The summed E-state index contributed by atoms with van der Waals surface area (Å²) in [6.45, 7) is 1.47. The molecule has 5 unspecified atom stereocenters. The average molecular weight is 314 g/mol. The van der Waals surface area contributed by atoms with Crippen LogP contribution >= 0.6 is 0 Å². The maximum Gasteiger partial charge on any atom is 0.168 e. The molecule has 0 aromatic carbocycles. The van der Waals surface area contributed by atoms with E-state index in [-0.39, 0.29) is 18.1 Å². The van der Waals surface area contributed by atoms with Crippen molar-refractivity contribution in [2.24, 2.45) is 23.7 Å². The van der Waals surface area contributed by atoms with Crippen molar-refractivity contribution in [1.82, 2.24) is 0 Å². The molecule has 1 heterocycles. The number of halogens is 2. The van der Waals surface area contributed by atoms with Crippen molar-refractivity contribution < 1.29 is 18.3 Å².